The Morgan fingerprint density at radius 1 is 0.436 bits per heavy atom. The third-order valence-corrected chi connectivity index (χ3v) is 16.2. The molecule has 212 valence electrons. The smallest absolute Gasteiger partial charge is 0.0332 e. The van der Waals surface area contributed by atoms with E-state index in [1.54, 1.807) is 0 Å². The van der Waals surface area contributed by atoms with Gasteiger partial charge in [0.25, 0.3) is 0 Å². The van der Waals surface area contributed by atoms with Gasteiger partial charge in [0.15, 0.2) is 0 Å². The monoisotopic (exact) mass is 624 g/mol. The number of hydrogen-bond donors (Lipinski definition) is 0. The van der Waals surface area contributed by atoms with Crippen LogP contribution in [0.15, 0.2) is 71.2 Å². The number of benzene rings is 3. The lowest BCUT2D eigenvalue weighted by Crippen LogP contribution is -2.26. The van der Waals surface area contributed by atoms with E-state index in [0.717, 1.165) is 12.3 Å². The Bertz CT molecular complexity index is 1140. The molecule has 39 heavy (non-hydrogen) atoms. The summed E-state index contributed by atoms with van der Waals surface area (Å²) in [7, 11) is -0.475. The van der Waals surface area contributed by atoms with Gasteiger partial charge in [-0.05, 0) is 82.3 Å². The molecular formula is C36H51BrP2. The van der Waals surface area contributed by atoms with Crippen LogP contribution in [0.25, 0.3) is 22.3 Å². The normalized spacial score (nSPS) is 13.4. The molecule has 3 heteroatoms. The second-order valence-corrected chi connectivity index (χ2v) is 23.3. The Kier molecular flexibility index (Phi) is 10.1. The van der Waals surface area contributed by atoms with Gasteiger partial charge in [0.2, 0.25) is 0 Å². The number of hydrogen-bond acceptors (Lipinski definition) is 0. The van der Waals surface area contributed by atoms with Crippen molar-refractivity contribution in [1.82, 2.24) is 0 Å². The Morgan fingerprint density at radius 2 is 0.718 bits per heavy atom. The highest BCUT2D eigenvalue weighted by Crippen LogP contribution is 2.63. The molecule has 0 atom stereocenters. The summed E-state index contributed by atoms with van der Waals surface area (Å²) in [5, 5.41) is 1.16. The number of rotatable bonds is 6. The number of halogens is 1. The molecule has 3 aromatic carbocycles. The van der Waals surface area contributed by atoms with Crippen molar-refractivity contribution in [2.45, 2.75) is 116 Å². The lowest BCUT2D eigenvalue weighted by atomic mass is 9.94. The van der Waals surface area contributed by atoms with Gasteiger partial charge in [-0.15, -0.1) is 0 Å². The summed E-state index contributed by atoms with van der Waals surface area (Å²) in [6, 6.07) is 25.0. The molecule has 0 aromatic heterocycles. The summed E-state index contributed by atoms with van der Waals surface area (Å²) in [5.74, 6) is 0. The van der Waals surface area contributed by atoms with Gasteiger partial charge in [0.05, 0.1) is 0 Å². The summed E-state index contributed by atoms with van der Waals surface area (Å²) < 4.78 is 1.21. The van der Waals surface area contributed by atoms with Crippen LogP contribution < -0.4 is 0 Å². The SMILES string of the molecule is CC(C)(C)P(Cc1ccccc1-c1cccc(-c2ccccc2CP(C(C)(C)C)C(C)(C)C)c1Br)C(C)(C)C. The minimum absolute atomic E-state index is 0.237. The van der Waals surface area contributed by atoms with Crippen LogP contribution in [0.3, 0.4) is 0 Å². The molecule has 0 amide bonds. The van der Waals surface area contributed by atoms with Gasteiger partial charge in [-0.25, -0.2) is 0 Å². The first-order valence-corrected chi connectivity index (χ1v) is 18.2. The topological polar surface area (TPSA) is 0 Å². The molecule has 0 saturated heterocycles. The lowest BCUT2D eigenvalue weighted by molar-refractivity contribution is 0.702. The second-order valence-electron chi connectivity index (χ2n) is 14.8. The van der Waals surface area contributed by atoms with Crippen LogP contribution in [-0.2, 0) is 12.3 Å². The molecule has 3 rings (SSSR count). The van der Waals surface area contributed by atoms with Crippen molar-refractivity contribution in [2.24, 2.45) is 0 Å². The molecule has 0 aliphatic carbocycles. The maximum absolute atomic E-state index is 4.12. The van der Waals surface area contributed by atoms with Crippen LogP contribution in [0.5, 0.6) is 0 Å². The van der Waals surface area contributed by atoms with Crippen LogP contribution in [0.4, 0.5) is 0 Å². The highest BCUT2D eigenvalue weighted by atomic mass is 79.9. The molecule has 0 spiro atoms. The van der Waals surface area contributed by atoms with E-state index in [0.29, 0.717) is 0 Å². The fraction of sp³-hybridized carbons (Fsp3) is 0.500. The molecule has 0 fully saturated rings. The molecule has 0 aliphatic rings. The summed E-state index contributed by atoms with van der Waals surface area (Å²) in [6.45, 7) is 29.0. The second kappa shape index (κ2) is 12.1. The first-order chi connectivity index (χ1) is 17.8. The first-order valence-electron chi connectivity index (χ1n) is 14.3. The quantitative estimate of drug-likeness (QED) is 0.239. The van der Waals surface area contributed by atoms with Gasteiger partial charge in [-0.1, -0.05) is 166 Å². The molecule has 0 bridgehead atoms. The van der Waals surface area contributed by atoms with Crippen LogP contribution in [0.2, 0.25) is 0 Å². The molecule has 0 saturated carbocycles. The summed E-state index contributed by atoms with van der Waals surface area (Å²) in [6.07, 6.45) is 2.26. The lowest BCUT2D eigenvalue weighted by Gasteiger charge is -2.42. The zero-order chi connectivity index (χ0) is 29.4. The largest absolute Gasteiger partial charge is 0.0911 e. The Balaban J connectivity index is 2.12. The summed E-state index contributed by atoms with van der Waals surface area (Å²) >= 11 is 4.12. The van der Waals surface area contributed by atoms with Gasteiger partial charge < -0.3 is 0 Å². The molecule has 0 aliphatic heterocycles. The van der Waals surface area contributed by atoms with Crippen LogP contribution in [0, 0.1) is 0 Å². The standard InChI is InChI=1S/C36H51BrP2/c1-33(2,3)38(34(4,5)6)24-26-18-13-15-20-28(26)30-22-17-23-31(32(30)37)29-21-16-14-19-27(29)25-39(35(7,8)9)36(10,11)12/h13-23H,24-25H2,1-12H3. The van der Waals surface area contributed by atoms with Gasteiger partial charge in [-0.3, -0.25) is 0 Å². The molecule has 3 aromatic rings. The van der Waals surface area contributed by atoms with Gasteiger partial charge in [0, 0.05) is 4.47 Å². The molecule has 0 radical (unpaired) electrons. The predicted octanol–water partition coefficient (Wildman–Crippen LogP) is 12.9. The van der Waals surface area contributed by atoms with Gasteiger partial charge >= 0.3 is 0 Å². The molecule has 0 N–H and O–H groups in total. The van der Waals surface area contributed by atoms with Crippen molar-refractivity contribution in [3.63, 3.8) is 0 Å². The Morgan fingerprint density at radius 3 is 1.03 bits per heavy atom. The van der Waals surface area contributed by atoms with Crippen molar-refractivity contribution in [3.8, 4) is 22.3 Å². The van der Waals surface area contributed by atoms with E-state index >= 15 is 0 Å². The average Bonchev–Trinajstić information content (AvgIpc) is 2.79. The average molecular weight is 626 g/mol. The van der Waals surface area contributed by atoms with Crippen LogP contribution in [0.1, 0.15) is 94.2 Å². The minimum atomic E-state index is -0.237. The van der Waals surface area contributed by atoms with Crippen molar-refractivity contribution >= 4 is 31.8 Å². The maximum Gasteiger partial charge on any atom is 0.0332 e. The van der Waals surface area contributed by atoms with Crippen molar-refractivity contribution in [2.75, 3.05) is 0 Å². The van der Waals surface area contributed by atoms with Crippen molar-refractivity contribution in [3.05, 3.63) is 82.3 Å². The van der Waals surface area contributed by atoms with E-state index < -0.39 is 0 Å². The third kappa shape index (κ3) is 8.06. The van der Waals surface area contributed by atoms with E-state index in [9.17, 15) is 0 Å². The van der Waals surface area contributed by atoms with E-state index in [1.807, 2.05) is 0 Å². The molecule has 0 heterocycles. The fourth-order valence-corrected chi connectivity index (χ4v) is 13.9. The van der Waals surface area contributed by atoms with E-state index in [1.165, 1.54) is 37.9 Å². The maximum atomic E-state index is 4.12. The van der Waals surface area contributed by atoms with Crippen LogP contribution >= 0.6 is 31.8 Å². The predicted molar refractivity (Wildman–Crippen MR) is 185 cm³/mol. The highest BCUT2D eigenvalue weighted by molar-refractivity contribution is 9.10. The van der Waals surface area contributed by atoms with Crippen molar-refractivity contribution in [1.29, 1.82) is 0 Å². The summed E-state index contributed by atoms with van der Waals surface area (Å²) in [4.78, 5) is 0. The van der Waals surface area contributed by atoms with E-state index in [-0.39, 0.29) is 36.5 Å². The Labute approximate surface area is 251 Å². The third-order valence-electron chi connectivity index (χ3n) is 7.51. The van der Waals surface area contributed by atoms with Crippen LogP contribution in [-0.4, -0.2) is 20.6 Å². The first kappa shape index (κ1) is 32.5. The molecule has 0 nitrogen and oxygen atoms in total. The molecule has 0 unspecified atom stereocenters. The Hall–Kier alpha value is -1.000. The zero-order valence-electron chi connectivity index (χ0n) is 26.5. The molecular weight excluding hydrogens is 574 g/mol. The van der Waals surface area contributed by atoms with E-state index in [2.05, 4.69) is 166 Å². The minimum Gasteiger partial charge on any atom is -0.0911 e. The highest BCUT2D eigenvalue weighted by Gasteiger charge is 2.36. The zero-order valence-corrected chi connectivity index (χ0v) is 29.9. The van der Waals surface area contributed by atoms with Crippen molar-refractivity contribution < 1.29 is 0 Å². The van der Waals surface area contributed by atoms with E-state index in [4.69, 9.17) is 0 Å². The van der Waals surface area contributed by atoms with Gasteiger partial charge in [-0.2, -0.15) is 0 Å². The fourth-order valence-electron chi connectivity index (χ4n) is 6.09. The van der Waals surface area contributed by atoms with Gasteiger partial charge in [0.1, 0.15) is 0 Å². The summed E-state index contributed by atoms with van der Waals surface area (Å²) in [5.41, 5.74) is 8.23.